The topological polar surface area (TPSA) is 46.6 Å². The molecule has 1 aliphatic rings. The van der Waals surface area contributed by atoms with E-state index in [-0.39, 0.29) is 16.8 Å². The van der Waals surface area contributed by atoms with Crippen molar-refractivity contribution in [2.24, 2.45) is 0 Å². The molecule has 0 radical (unpaired) electrons. The van der Waals surface area contributed by atoms with Gasteiger partial charge in [-0.15, -0.1) is 0 Å². The summed E-state index contributed by atoms with van der Waals surface area (Å²) in [5, 5.41) is 0. The smallest absolute Gasteiger partial charge is 0.335 e. The van der Waals surface area contributed by atoms with E-state index >= 15 is 0 Å². The summed E-state index contributed by atoms with van der Waals surface area (Å²) >= 11 is 2.30. The maximum Gasteiger partial charge on any atom is 0.335 e. The van der Waals surface area contributed by atoms with Crippen LogP contribution >= 0.6 is 22.6 Å². The van der Waals surface area contributed by atoms with Gasteiger partial charge in [-0.1, -0.05) is 24.3 Å². The van der Waals surface area contributed by atoms with Gasteiger partial charge in [0.15, 0.2) is 0 Å². The number of hydrogen-bond donors (Lipinski definition) is 0. The normalized spacial score (nSPS) is 19.9. The number of halogens is 1. The van der Waals surface area contributed by atoms with Crippen molar-refractivity contribution in [2.45, 2.75) is 44.9 Å². The molecule has 0 aromatic heterocycles. The number of benzene rings is 1. The third-order valence-corrected chi connectivity index (χ3v) is 6.75. The van der Waals surface area contributed by atoms with E-state index in [0.717, 1.165) is 9.13 Å². The predicted octanol–water partition coefficient (Wildman–Crippen LogP) is 3.47. The molecule has 0 fully saturated rings. The number of ether oxygens (including phenoxy) is 1. The van der Waals surface area contributed by atoms with Gasteiger partial charge in [0.25, 0.3) is 0 Å². The molecule has 0 saturated carbocycles. The van der Waals surface area contributed by atoms with Crippen LogP contribution in [0.15, 0.2) is 35.9 Å². The van der Waals surface area contributed by atoms with Crippen LogP contribution in [0.25, 0.3) is 0 Å². The molecule has 0 saturated heterocycles. The maximum atomic E-state index is 12.9. The van der Waals surface area contributed by atoms with Crippen molar-refractivity contribution >= 4 is 39.5 Å². The summed E-state index contributed by atoms with van der Waals surface area (Å²) in [6.07, 6.45) is 2.51. The lowest BCUT2D eigenvalue weighted by molar-refractivity contribution is -0.138. The molecule has 0 amide bonds. The van der Waals surface area contributed by atoms with E-state index in [0.29, 0.717) is 25.1 Å². The summed E-state index contributed by atoms with van der Waals surface area (Å²) in [5.41, 5.74) is 1.77. The molecule has 0 spiro atoms. The number of carbonyl (C=O) groups is 1. The van der Waals surface area contributed by atoms with Crippen molar-refractivity contribution in [2.75, 3.05) is 13.2 Å². The molecule has 0 unspecified atom stereocenters. The average molecular weight is 461 g/mol. The van der Waals surface area contributed by atoms with E-state index in [9.17, 15) is 9.00 Å². The largest absolute Gasteiger partial charge is 0.463 e. The first-order chi connectivity index (χ1) is 11.3. The molecule has 4 nitrogen and oxygen atoms in total. The van der Waals surface area contributed by atoms with Crippen molar-refractivity contribution in [3.63, 3.8) is 0 Å². The standard InChI is InChI=1S/C18H24INO3S/c1-5-23-17(21)14-10-11-20(24(22)18(2,3)4)16(14)12-13-8-6-7-9-15(13)19/h6-10,16H,5,11-12H2,1-4H3/t16-,24-/m0/s1. The van der Waals surface area contributed by atoms with Gasteiger partial charge >= 0.3 is 5.97 Å². The lowest BCUT2D eigenvalue weighted by Crippen LogP contribution is -2.43. The second-order valence-electron chi connectivity index (χ2n) is 6.65. The molecule has 0 N–H and O–H groups in total. The molecule has 1 aliphatic heterocycles. The predicted molar refractivity (Wildman–Crippen MR) is 106 cm³/mol. The van der Waals surface area contributed by atoms with E-state index in [4.69, 9.17) is 4.74 Å². The first-order valence-corrected chi connectivity index (χ1v) is 10.2. The number of hydrogen-bond acceptors (Lipinski definition) is 3. The van der Waals surface area contributed by atoms with E-state index in [1.807, 2.05) is 49.4 Å². The summed E-state index contributed by atoms with van der Waals surface area (Å²) in [5.74, 6) is -0.304. The Morgan fingerprint density at radius 3 is 2.62 bits per heavy atom. The SMILES string of the molecule is CCOC(=O)C1=CCN([S@@](=O)C(C)(C)C)[C@H]1Cc1ccccc1I. The van der Waals surface area contributed by atoms with Gasteiger partial charge in [-0.2, -0.15) is 0 Å². The second kappa shape index (κ2) is 8.10. The number of rotatable bonds is 5. The quantitative estimate of drug-likeness (QED) is 0.499. The van der Waals surface area contributed by atoms with E-state index in [1.165, 1.54) is 0 Å². The molecule has 0 bridgehead atoms. The van der Waals surface area contributed by atoms with Crippen molar-refractivity contribution in [3.8, 4) is 0 Å². The Bertz CT molecular complexity index is 666. The monoisotopic (exact) mass is 461 g/mol. The van der Waals surface area contributed by atoms with Crippen molar-refractivity contribution in [1.29, 1.82) is 0 Å². The summed E-state index contributed by atoms with van der Waals surface area (Å²) in [4.78, 5) is 12.3. The Morgan fingerprint density at radius 1 is 1.38 bits per heavy atom. The van der Waals surface area contributed by atoms with Gasteiger partial charge in [-0.3, -0.25) is 0 Å². The summed E-state index contributed by atoms with van der Waals surface area (Å²) in [6, 6.07) is 7.86. The Balaban J connectivity index is 2.32. The van der Waals surface area contributed by atoms with Gasteiger partial charge in [0, 0.05) is 10.1 Å². The highest BCUT2D eigenvalue weighted by molar-refractivity contribution is 14.1. The molecule has 24 heavy (non-hydrogen) atoms. The Morgan fingerprint density at radius 2 is 2.04 bits per heavy atom. The zero-order valence-electron chi connectivity index (χ0n) is 14.5. The van der Waals surface area contributed by atoms with E-state index in [2.05, 4.69) is 28.7 Å². The van der Waals surface area contributed by atoms with Crippen molar-refractivity contribution in [3.05, 3.63) is 45.0 Å². The van der Waals surface area contributed by atoms with Crippen LogP contribution in [0.3, 0.4) is 0 Å². The van der Waals surface area contributed by atoms with Crippen molar-refractivity contribution in [1.82, 2.24) is 4.31 Å². The molecule has 6 heteroatoms. The molecule has 2 atom stereocenters. The third-order valence-electron chi connectivity index (χ3n) is 3.82. The molecule has 1 heterocycles. The van der Waals surface area contributed by atoms with Crippen LogP contribution in [0, 0.1) is 3.57 Å². The van der Waals surface area contributed by atoms with Gasteiger partial charge in [-0.25, -0.2) is 13.3 Å². The second-order valence-corrected chi connectivity index (χ2v) is 10.0. The van der Waals surface area contributed by atoms with Crippen LogP contribution in [0.1, 0.15) is 33.3 Å². The van der Waals surface area contributed by atoms with Crippen LogP contribution in [0.2, 0.25) is 0 Å². The first-order valence-electron chi connectivity index (χ1n) is 8.05. The summed E-state index contributed by atoms with van der Waals surface area (Å²) in [7, 11) is -1.19. The Labute approximate surface area is 160 Å². The highest BCUT2D eigenvalue weighted by Crippen LogP contribution is 2.30. The van der Waals surface area contributed by atoms with Crippen LogP contribution in [-0.4, -0.2) is 38.4 Å². The van der Waals surface area contributed by atoms with E-state index in [1.54, 1.807) is 6.92 Å². The van der Waals surface area contributed by atoms with Crippen LogP contribution in [0.5, 0.6) is 0 Å². The average Bonchev–Trinajstić information content (AvgIpc) is 2.91. The zero-order chi connectivity index (χ0) is 17.9. The van der Waals surface area contributed by atoms with Gasteiger partial charge in [-0.05, 0) is 68.3 Å². The Hall–Kier alpha value is -0.730. The molecular weight excluding hydrogens is 437 g/mol. The molecule has 0 aliphatic carbocycles. The minimum Gasteiger partial charge on any atom is -0.463 e. The Kier molecular flexibility index (Phi) is 6.61. The summed E-state index contributed by atoms with van der Waals surface area (Å²) in [6.45, 7) is 8.51. The summed E-state index contributed by atoms with van der Waals surface area (Å²) < 4.78 is 20.8. The maximum absolute atomic E-state index is 12.9. The molecule has 1 aromatic carbocycles. The number of nitrogens with zero attached hydrogens (tertiary/aromatic N) is 1. The lowest BCUT2D eigenvalue weighted by Gasteiger charge is -2.31. The van der Waals surface area contributed by atoms with Crippen LogP contribution < -0.4 is 0 Å². The fraction of sp³-hybridized carbons (Fsp3) is 0.500. The molecular formula is C18H24INO3S. The van der Waals surface area contributed by atoms with Gasteiger partial charge in [0.2, 0.25) is 0 Å². The fourth-order valence-electron chi connectivity index (χ4n) is 2.66. The highest BCUT2D eigenvalue weighted by Gasteiger charge is 2.39. The van der Waals surface area contributed by atoms with Crippen molar-refractivity contribution < 1.29 is 13.7 Å². The fourth-order valence-corrected chi connectivity index (χ4v) is 4.60. The minimum absolute atomic E-state index is 0.222. The van der Waals surface area contributed by atoms with Gasteiger partial charge in [0.1, 0.15) is 11.0 Å². The first kappa shape index (κ1) is 19.6. The minimum atomic E-state index is -1.19. The third kappa shape index (κ3) is 4.46. The van der Waals surface area contributed by atoms with Crippen LogP contribution in [-0.2, 0) is 26.9 Å². The van der Waals surface area contributed by atoms with Gasteiger partial charge < -0.3 is 4.74 Å². The van der Waals surface area contributed by atoms with Gasteiger partial charge in [0.05, 0.1) is 23.0 Å². The highest BCUT2D eigenvalue weighted by atomic mass is 127. The number of esters is 1. The molecule has 1 aromatic rings. The number of carbonyl (C=O) groups excluding carboxylic acids is 1. The lowest BCUT2D eigenvalue weighted by atomic mass is 10.0. The van der Waals surface area contributed by atoms with E-state index < -0.39 is 11.0 Å². The van der Waals surface area contributed by atoms with Crippen LogP contribution in [0.4, 0.5) is 0 Å². The zero-order valence-corrected chi connectivity index (χ0v) is 17.5. The molecule has 2 rings (SSSR count). The molecule has 132 valence electrons.